The maximum atomic E-state index is 12.1. The zero-order chi connectivity index (χ0) is 12.5. The van der Waals surface area contributed by atoms with Crippen molar-refractivity contribution >= 4 is 5.78 Å². The Morgan fingerprint density at radius 3 is 2.94 bits per heavy atom. The van der Waals surface area contributed by atoms with E-state index in [9.17, 15) is 4.79 Å². The molecule has 0 amide bonds. The third kappa shape index (κ3) is 1.97. The van der Waals surface area contributed by atoms with E-state index in [-0.39, 0.29) is 18.0 Å². The van der Waals surface area contributed by atoms with Gasteiger partial charge >= 0.3 is 0 Å². The predicted octanol–water partition coefficient (Wildman–Crippen LogP) is 2.21. The fraction of sp³-hybridized carbons (Fsp3) is 0.500. The zero-order valence-electron chi connectivity index (χ0n) is 10.3. The van der Waals surface area contributed by atoms with Crippen LogP contribution in [-0.4, -0.2) is 31.7 Å². The van der Waals surface area contributed by atoms with Crippen molar-refractivity contribution in [3.05, 3.63) is 23.8 Å². The highest BCUT2D eigenvalue weighted by Gasteiger charge is 2.34. The van der Waals surface area contributed by atoms with Crippen molar-refractivity contribution in [1.29, 1.82) is 0 Å². The van der Waals surface area contributed by atoms with Crippen LogP contribution in [0.25, 0.3) is 0 Å². The number of carbonyl (C=O) groups excluding carboxylic acids is 1. The first kappa shape index (κ1) is 11.5. The molecular formula is C14H16O4. The monoisotopic (exact) mass is 248 g/mol. The minimum Gasteiger partial charge on any atom is -0.497 e. The highest BCUT2D eigenvalue weighted by molar-refractivity contribution is 6.00. The van der Waals surface area contributed by atoms with Crippen molar-refractivity contribution in [2.75, 3.05) is 13.7 Å². The average Bonchev–Trinajstić information content (AvgIpc) is 2.91. The molecule has 0 aromatic heterocycles. The Hall–Kier alpha value is -1.55. The molecule has 0 bridgehead atoms. The van der Waals surface area contributed by atoms with Crippen molar-refractivity contribution < 1.29 is 19.0 Å². The van der Waals surface area contributed by atoms with Gasteiger partial charge in [-0.15, -0.1) is 0 Å². The smallest absolute Gasteiger partial charge is 0.170 e. The predicted molar refractivity (Wildman–Crippen MR) is 65.3 cm³/mol. The molecule has 0 saturated carbocycles. The quantitative estimate of drug-likeness (QED) is 0.805. The van der Waals surface area contributed by atoms with Gasteiger partial charge in [-0.25, -0.2) is 0 Å². The highest BCUT2D eigenvalue weighted by atomic mass is 16.5. The largest absolute Gasteiger partial charge is 0.497 e. The number of rotatable bonds is 2. The summed E-state index contributed by atoms with van der Waals surface area (Å²) in [5, 5.41) is 0. The molecule has 1 aromatic rings. The summed E-state index contributed by atoms with van der Waals surface area (Å²) in [6.07, 6.45) is 2.32. The Labute approximate surface area is 106 Å². The minimum atomic E-state index is -0.153. The SMILES string of the molecule is COc1ccc2c(c1)O[C@@H]([C@@H]1CCCO1)CC2=O. The second-order valence-corrected chi connectivity index (χ2v) is 4.70. The van der Waals surface area contributed by atoms with Gasteiger partial charge in [0, 0.05) is 12.7 Å². The van der Waals surface area contributed by atoms with Gasteiger partial charge in [-0.05, 0) is 25.0 Å². The molecule has 0 radical (unpaired) electrons. The molecule has 2 aliphatic heterocycles. The van der Waals surface area contributed by atoms with Crippen molar-refractivity contribution in [3.63, 3.8) is 0 Å². The van der Waals surface area contributed by atoms with E-state index in [2.05, 4.69) is 0 Å². The van der Waals surface area contributed by atoms with E-state index in [1.54, 1.807) is 25.3 Å². The molecule has 0 spiro atoms. The Kier molecular flexibility index (Phi) is 2.96. The van der Waals surface area contributed by atoms with Gasteiger partial charge in [0.15, 0.2) is 5.78 Å². The Balaban J connectivity index is 1.87. The van der Waals surface area contributed by atoms with Gasteiger partial charge in [-0.3, -0.25) is 4.79 Å². The number of ether oxygens (including phenoxy) is 3. The van der Waals surface area contributed by atoms with Crippen LogP contribution in [-0.2, 0) is 4.74 Å². The van der Waals surface area contributed by atoms with Crippen LogP contribution >= 0.6 is 0 Å². The Morgan fingerprint density at radius 2 is 2.22 bits per heavy atom. The first-order valence-electron chi connectivity index (χ1n) is 6.27. The average molecular weight is 248 g/mol. The fourth-order valence-corrected chi connectivity index (χ4v) is 2.56. The zero-order valence-corrected chi connectivity index (χ0v) is 10.3. The normalized spacial score (nSPS) is 26.6. The fourth-order valence-electron chi connectivity index (χ4n) is 2.56. The molecule has 96 valence electrons. The van der Waals surface area contributed by atoms with Gasteiger partial charge in [0.05, 0.1) is 25.2 Å². The summed E-state index contributed by atoms with van der Waals surface area (Å²) in [6.45, 7) is 0.768. The Bertz CT molecular complexity index is 463. The van der Waals surface area contributed by atoms with E-state index in [1.165, 1.54) is 0 Å². The van der Waals surface area contributed by atoms with Crippen LogP contribution in [0.4, 0.5) is 0 Å². The second-order valence-electron chi connectivity index (χ2n) is 4.70. The summed E-state index contributed by atoms with van der Waals surface area (Å²) >= 11 is 0. The molecule has 3 rings (SSSR count). The van der Waals surface area contributed by atoms with E-state index < -0.39 is 0 Å². The van der Waals surface area contributed by atoms with Gasteiger partial charge in [0.2, 0.25) is 0 Å². The molecule has 0 N–H and O–H groups in total. The van der Waals surface area contributed by atoms with Crippen molar-refractivity contribution in [1.82, 2.24) is 0 Å². The number of Topliss-reactive ketones (excluding diaryl/α,β-unsaturated/α-hetero) is 1. The van der Waals surface area contributed by atoms with Crippen LogP contribution in [0.1, 0.15) is 29.6 Å². The third-order valence-corrected chi connectivity index (χ3v) is 3.53. The molecule has 0 aliphatic carbocycles. The number of methoxy groups -OCH3 is 1. The lowest BCUT2D eigenvalue weighted by Crippen LogP contribution is -2.36. The maximum Gasteiger partial charge on any atom is 0.170 e. The van der Waals surface area contributed by atoms with Crippen LogP contribution in [0.2, 0.25) is 0 Å². The van der Waals surface area contributed by atoms with Crippen LogP contribution < -0.4 is 9.47 Å². The summed E-state index contributed by atoms with van der Waals surface area (Å²) in [4.78, 5) is 12.1. The van der Waals surface area contributed by atoms with Crippen LogP contribution in [0.15, 0.2) is 18.2 Å². The molecule has 4 nitrogen and oxygen atoms in total. The molecule has 2 aliphatic rings. The van der Waals surface area contributed by atoms with E-state index in [4.69, 9.17) is 14.2 Å². The Morgan fingerprint density at radius 1 is 1.33 bits per heavy atom. The second kappa shape index (κ2) is 4.61. The lowest BCUT2D eigenvalue weighted by Gasteiger charge is -2.29. The molecule has 1 aromatic carbocycles. The molecule has 2 atom stereocenters. The molecule has 2 heterocycles. The molecule has 1 saturated heterocycles. The number of fused-ring (bicyclic) bond motifs is 1. The van der Waals surface area contributed by atoms with Crippen molar-refractivity contribution in [3.8, 4) is 11.5 Å². The van der Waals surface area contributed by atoms with Crippen LogP contribution in [0.5, 0.6) is 11.5 Å². The molecule has 0 unspecified atom stereocenters. The molecule has 1 fully saturated rings. The van der Waals surface area contributed by atoms with Crippen LogP contribution in [0, 0.1) is 0 Å². The molecule has 4 heteroatoms. The van der Waals surface area contributed by atoms with E-state index in [0.717, 1.165) is 19.4 Å². The lowest BCUT2D eigenvalue weighted by molar-refractivity contribution is 0.00482. The van der Waals surface area contributed by atoms with Crippen molar-refractivity contribution in [2.45, 2.75) is 31.5 Å². The lowest BCUT2D eigenvalue weighted by atomic mass is 9.96. The van der Waals surface area contributed by atoms with Crippen molar-refractivity contribution in [2.24, 2.45) is 0 Å². The summed E-state index contributed by atoms with van der Waals surface area (Å²) in [5.41, 5.74) is 0.644. The first-order chi connectivity index (χ1) is 8.78. The summed E-state index contributed by atoms with van der Waals surface area (Å²) in [6, 6.07) is 5.32. The van der Waals surface area contributed by atoms with Gasteiger partial charge in [0.25, 0.3) is 0 Å². The van der Waals surface area contributed by atoms with Gasteiger partial charge in [-0.1, -0.05) is 0 Å². The van der Waals surface area contributed by atoms with E-state index in [1.807, 2.05) is 0 Å². The van der Waals surface area contributed by atoms with Gasteiger partial charge < -0.3 is 14.2 Å². The standard InChI is InChI=1S/C14H16O4/c1-16-9-4-5-10-11(15)8-14(18-13(10)7-9)12-3-2-6-17-12/h4-5,7,12,14H,2-3,6,8H2,1H3/t12-,14+/m0/s1. The third-order valence-electron chi connectivity index (χ3n) is 3.53. The summed E-state index contributed by atoms with van der Waals surface area (Å²) in [5.74, 6) is 1.44. The molecule has 18 heavy (non-hydrogen) atoms. The first-order valence-corrected chi connectivity index (χ1v) is 6.27. The molecular weight excluding hydrogens is 232 g/mol. The number of hydrogen-bond donors (Lipinski definition) is 0. The minimum absolute atomic E-state index is 0.0494. The van der Waals surface area contributed by atoms with Gasteiger partial charge in [-0.2, -0.15) is 0 Å². The topological polar surface area (TPSA) is 44.8 Å². The van der Waals surface area contributed by atoms with E-state index >= 15 is 0 Å². The van der Waals surface area contributed by atoms with Crippen LogP contribution in [0.3, 0.4) is 0 Å². The maximum absolute atomic E-state index is 12.1. The highest BCUT2D eigenvalue weighted by Crippen LogP contribution is 2.34. The van der Waals surface area contributed by atoms with E-state index in [0.29, 0.717) is 23.5 Å². The number of carbonyl (C=O) groups is 1. The van der Waals surface area contributed by atoms with Gasteiger partial charge in [0.1, 0.15) is 17.6 Å². The summed E-state index contributed by atoms with van der Waals surface area (Å²) < 4.78 is 16.7. The summed E-state index contributed by atoms with van der Waals surface area (Å²) in [7, 11) is 1.60. The number of hydrogen-bond acceptors (Lipinski definition) is 4. The number of ketones is 1. The number of benzene rings is 1.